The maximum atomic E-state index is 2.58. The van der Waals surface area contributed by atoms with Gasteiger partial charge in [0, 0.05) is 0 Å². The Morgan fingerprint density at radius 2 is 2.08 bits per heavy atom. The Labute approximate surface area is 75.7 Å². The van der Waals surface area contributed by atoms with Gasteiger partial charge in [-0.25, -0.2) is 0 Å². The molecule has 0 aliphatic heterocycles. The minimum atomic E-state index is 0.796. The lowest BCUT2D eigenvalue weighted by Crippen LogP contribution is -2.47. The molecule has 0 amide bonds. The first-order valence-electron chi connectivity index (χ1n) is 5.78. The molecule has 0 heteroatoms. The molecule has 0 heterocycles. The molecule has 4 saturated carbocycles. The Morgan fingerprint density at radius 1 is 1.17 bits per heavy atom. The van der Waals surface area contributed by atoms with E-state index in [4.69, 9.17) is 0 Å². The van der Waals surface area contributed by atoms with Crippen LogP contribution < -0.4 is 0 Å². The van der Waals surface area contributed by atoms with E-state index in [1.807, 2.05) is 0 Å². The highest BCUT2D eigenvalue weighted by Gasteiger charge is 2.50. The quantitative estimate of drug-likeness (QED) is 0.513. The van der Waals surface area contributed by atoms with Gasteiger partial charge in [-0.05, 0) is 48.9 Å². The molecule has 4 atom stereocenters. The van der Waals surface area contributed by atoms with Crippen molar-refractivity contribution in [3.05, 3.63) is 0 Å². The monoisotopic (exact) mass is 164 g/mol. The lowest BCUT2D eigenvalue weighted by molar-refractivity contribution is -0.0686. The fourth-order valence-corrected chi connectivity index (χ4v) is 4.65. The van der Waals surface area contributed by atoms with E-state index in [-0.39, 0.29) is 0 Å². The van der Waals surface area contributed by atoms with Crippen LogP contribution in [0.2, 0.25) is 0 Å². The van der Waals surface area contributed by atoms with E-state index >= 15 is 0 Å². The third-order valence-corrected chi connectivity index (χ3v) is 5.06. The first-order chi connectivity index (χ1) is 5.78. The fourth-order valence-electron chi connectivity index (χ4n) is 4.65. The molecule has 0 nitrogen and oxygen atoms in total. The molecule has 4 aliphatic carbocycles. The van der Waals surface area contributed by atoms with E-state index < -0.39 is 0 Å². The van der Waals surface area contributed by atoms with Gasteiger partial charge in [-0.1, -0.05) is 26.2 Å². The van der Waals surface area contributed by atoms with Crippen molar-refractivity contribution < 1.29 is 0 Å². The van der Waals surface area contributed by atoms with Crippen LogP contribution >= 0.6 is 0 Å². The molecule has 68 valence electrons. The molecule has 4 aliphatic rings. The highest BCUT2D eigenvalue weighted by atomic mass is 14.6. The molecule has 4 rings (SSSR count). The van der Waals surface area contributed by atoms with E-state index in [0.717, 1.165) is 23.2 Å². The van der Waals surface area contributed by atoms with Crippen LogP contribution in [0.1, 0.15) is 51.9 Å². The zero-order valence-corrected chi connectivity index (χ0v) is 8.18. The predicted octanol–water partition coefficient (Wildman–Crippen LogP) is 3.61. The van der Waals surface area contributed by atoms with Crippen molar-refractivity contribution in [3.63, 3.8) is 0 Å². The molecule has 4 bridgehead atoms. The zero-order chi connectivity index (χ0) is 8.18. The maximum Gasteiger partial charge on any atom is -0.0292 e. The van der Waals surface area contributed by atoms with Gasteiger partial charge < -0.3 is 0 Å². The van der Waals surface area contributed by atoms with Gasteiger partial charge in [0.2, 0.25) is 0 Å². The van der Waals surface area contributed by atoms with Crippen LogP contribution in [0.15, 0.2) is 0 Å². The number of hydrogen-bond donors (Lipinski definition) is 0. The minimum Gasteiger partial charge on any atom is -0.0594 e. The van der Waals surface area contributed by atoms with E-state index in [1.165, 1.54) is 6.42 Å². The van der Waals surface area contributed by atoms with Crippen molar-refractivity contribution in [2.24, 2.45) is 23.2 Å². The van der Waals surface area contributed by atoms with E-state index in [2.05, 4.69) is 6.92 Å². The van der Waals surface area contributed by atoms with Gasteiger partial charge in [0.05, 0.1) is 0 Å². The molecule has 0 radical (unpaired) electrons. The lowest BCUT2D eigenvalue weighted by Gasteiger charge is -2.57. The molecular formula is C12H20. The lowest BCUT2D eigenvalue weighted by atomic mass is 9.48. The molecule has 0 aromatic rings. The molecule has 0 spiro atoms. The van der Waals surface area contributed by atoms with Crippen molar-refractivity contribution >= 4 is 0 Å². The number of fused-ring (bicyclic) bond motifs is 1. The first-order valence-corrected chi connectivity index (χ1v) is 5.78. The summed E-state index contributed by atoms with van der Waals surface area (Å²) in [5.74, 6) is 3.41. The Bertz CT molecular complexity index is 196. The summed E-state index contributed by atoms with van der Waals surface area (Å²) in [4.78, 5) is 0. The van der Waals surface area contributed by atoms with Gasteiger partial charge in [0.25, 0.3) is 0 Å². The summed E-state index contributed by atoms with van der Waals surface area (Å²) in [6, 6.07) is 0. The van der Waals surface area contributed by atoms with Crippen LogP contribution in [0.3, 0.4) is 0 Å². The first kappa shape index (κ1) is 7.41. The smallest absolute Gasteiger partial charge is 0.0292 e. The Hall–Kier alpha value is 0. The van der Waals surface area contributed by atoms with Crippen LogP contribution in [0, 0.1) is 23.2 Å². The van der Waals surface area contributed by atoms with Gasteiger partial charge >= 0.3 is 0 Å². The summed E-state index contributed by atoms with van der Waals surface area (Å²) in [5.41, 5.74) is 0.796. The second-order valence-corrected chi connectivity index (χ2v) is 5.80. The zero-order valence-electron chi connectivity index (χ0n) is 8.18. The van der Waals surface area contributed by atoms with E-state index in [0.29, 0.717) is 0 Å². The highest BCUT2D eigenvalue weighted by Crippen LogP contribution is 2.60. The molecule has 3 unspecified atom stereocenters. The summed E-state index contributed by atoms with van der Waals surface area (Å²) in [5, 5.41) is 0. The third kappa shape index (κ3) is 0.843. The summed E-state index contributed by atoms with van der Waals surface area (Å²) < 4.78 is 0. The topological polar surface area (TPSA) is 0 Å². The fraction of sp³-hybridized carbons (Fsp3) is 1.00. The standard InChI is InChI=1S/C12H20/c1-12-6-2-3-10-7-9(8-12)4-5-11(10)12/h9-11H,2-8H2,1H3/t9?,10?,11?,12-/m1/s1. The predicted molar refractivity (Wildman–Crippen MR) is 50.9 cm³/mol. The van der Waals surface area contributed by atoms with E-state index in [1.54, 1.807) is 38.5 Å². The maximum absolute atomic E-state index is 2.58. The van der Waals surface area contributed by atoms with Gasteiger partial charge in [-0.2, -0.15) is 0 Å². The molecular weight excluding hydrogens is 144 g/mol. The van der Waals surface area contributed by atoms with Crippen LogP contribution in [-0.4, -0.2) is 0 Å². The Balaban J connectivity index is 1.94. The van der Waals surface area contributed by atoms with Crippen molar-refractivity contribution in [3.8, 4) is 0 Å². The molecule has 0 saturated heterocycles. The normalized spacial score (nSPS) is 57.2. The number of rotatable bonds is 0. The molecule has 4 fully saturated rings. The van der Waals surface area contributed by atoms with Crippen LogP contribution in [0.5, 0.6) is 0 Å². The van der Waals surface area contributed by atoms with Crippen molar-refractivity contribution in [1.29, 1.82) is 0 Å². The van der Waals surface area contributed by atoms with Crippen LogP contribution in [0.25, 0.3) is 0 Å². The second kappa shape index (κ2) is 2.27. The average Bonchev–Trinajstić information content (AvgIpc) is 2.03. The van der Waals surface area contributed by atoms with Crippen molar-refractivity contribution in [2.75, 3.05) is 0 Å². The molecule has 0 aromatic heterocycles. The van der Waals surface area contributed by atoms with Gasteiger partial charge in [-0.15, -0.1) is 0 Å². The molecule has 0 aromatic carbocycles. The molecule has 0 N–H and O–H groups in total. The minimum absolute atomic E-state index is 0.796. The van der Waals surface area contributed by atoms with Crippen molar-refractivity contribution in [2.45, 2.75) is 51.9 Å². The summed E-state index contributed by atoms with van der Waals surface area (Å²) in [6.45, 7) is 2.58. The SMILES string of the molecule is C[C@]12CCCC3CC(CCC31)C2. The Kier molecular flexibility index (Phi) is 1.40. The van der Waals surface area contributed by atoms with Gasteiger partial charge in [-0.3, -0.25) is 0 Å². The van der Waals surface area contributed by atoms with E-state index in [9.17, 15) is 0 Å². The summed E-state index contributed by atoms with van der Waals surface area (Å²) >= 11 is 0. The van der Waals surface area contributed by atoms with Gasteiger partial charge in [0.15, 0.2) is 0 Å². The van der Waals surface area contributed by atoms with Crippen LogP contribution in [0.4, 0.5) is 0 Å². The highest BCUT2D eigenvalue weighted by molar-refractivity contribution is 5.00. The molecule has 12 heavy (non-hydrogen) atoms. The number of hydrogen-bond acceptors (Lipinski definition) is 0. The largest absolute Gasteiger partial charge is 0.0594 e. The van der Waals surface area contributed by atoms with Gasteiger partial charge in [0.1, 0.15) is 0 Å². The van der Waals surface area contributed by atoms with Crippen LogP contribution in [-0.2, 0) is 0 Å². The second-order valence-electron chi connectivity index (χ2n) is 5.80. The average molecular weight is 164 g/mol. The van der Waals surface area contributed by atoms with Crippen molar-refractivity contribution in [1.82, 2.24) is 0 Å². The summed E-state index contributed by atoms with van der Waals surface area (Å²) in [6.07, 6.45) is 11.0. The third-order valence-electron chi connectivity index (χ3n) is 5.06. The Morgan fingerprint density at radius 3 is 2.75 bits per heavy atom. The summed E-state index contributed by atoms with van der Waals surface area (Å²) in [7, 11) is 0.